The SMILES string of the molecule is C[C](C)=[Zr+2].[Cl-].[Cl-].c1ccc2c3c([cH-]c2c1)CCCC3.c1ccc2c3c([cH-]c2c1)CCCC3. The topological polar surface area (TPSA) is 0 Å². The van der Waals surface area contributed by atoms with Gasteiger partial charge in [0.15, 0.2) is 0 Å². The van der Waals surface area contributed by atoms with Crippen LogP contribution in [0.4, 0.5) is 0 Å². The molecule has 0 saturated carbocycles. The van der Waals surface area contributed by atoms with E-state index in [1.807, 2.05) is 0 Å². The smallest absolute Gasteiger partial charge is 0.0456 e. The van der Waals surface area contributed by atoms with Gasteiger partial charge in [0, 0.05) is 0 Å². The molecule has 0 bridgehead atoms. The molecule has 0 aromatic heterocycles. The molecule has 0 aliphatic heterocycles. The Morgan fingerprint density at radius 1 is 0.625 bits per heavy atom. The van der Waals surface area contributed by atoms with E-state index in [1.54, 1.807) is 46.5 Å². The average molecular weight is 543 g/mol. The minimum absolute atomic E-state index is 0. The van der Waals surface area contributed by atoms with Crippen molar-refractivity contribution in [1.29, 1.82) is 0 Å². The summed E-state index contributed by atoms with van der Waals surface area (Å²) in [6.07, 6.45) is 10.7. The first-order valence-corrected chi connectivity index (χ1v) is 12.7. The van der Waals surface area contributed by atoms with E-state index in [0.29, 0.717) is 0 Å². The Morgan fingerprint density at radius 2 is 0.969 bits per heavy atom. The second-order valence-corrected chi connectivity index (χ2v) is 11.3. The molecule has 0 fully saturated rings. The van der Waals surface area contributed by atoms with Gasteiger partial charge in [-0.05, 0) is 12.8 Å². The predicted octanol–water partition coefficient (Wildman–Crippen LogP) is 1.63. The van der Waals surface area contributed by atoms with Crippen LogP contribution in [0.3, 0.4) is 0 Å². The van der Waals surface area contributed by atoms with E-state index in [0.717, 1.165) is 0 Å². The maximum absolute atomic E-state index is 2.38. The Bertz CT molecular complexity index is 1060. The molecule has 0 heterocycles. The van der Waals surface area contributed by atoms with Gasteiger partial charge in [-0.15, -0.1) is 81.2 Å². The van der Waals surface area contributed by atoms with Crippen LogP contribution in [0.5, 0.6) is 0 Å². The molecule has 0 radical (unpaired) electrons. The van der Waals surface area contributed by atoms with E-state index in [-0.39, 0.29) is 24.8 Å². The van der Waals surface area contributed by atoms with E-state index < -0.39 is 0 Å². The molecule has 2 aliphatic carbocycles. The molecule has 32 heavy (non-hydrogen) atoms. The van der Waals surface area contributed by atoms with Crippen LogP contribution >= 0.6 is 0 Å². The molecule has 0 unspecified atom stereocenters. The maximum atomic E-state index is 2.38. The van der Waals surface area contributed by atoms with Crippen molar-refractivity contribution in [3.63, 3.8) is 0 Å². The molecule has 0 N–H and O–H groups in total. The number of halogens is 2. The second kappa shape index (κ2) is 13.0. The number of fused-ring (bicyclic) bond motifs is 6. The van der Waals surface area contributed by atoms with Crippen molar-refractivity contribution in [1.82, 2.24) is 0 Å². The first kappa shape index (κ1) is 27.2. The molecule has 4 aromatic carbocycles. The summed E-state index contributed by atoms with van der Waals surface area (Å²) >= 11 is 1.55. The Labute approximate surface area is 220 Å². The minimum atomic E-state index is 0. The van der Waals surface area contributed by atoms with Crippen molar-refractivity contribution in [2.24, 2.45) is 0 Å². The van der Waals surface area contributed by atoms with E-state index in [9.17, 15) is 0 Å². The summed E-state index contributed by atoms with van der Waals surface area (Å²) in [7, 11) is 0. The van der Waals surface area contributed by atoms with Crippen LogP contribution in [0.15, 0.2) is 60.7 Å². The second-order valence-electron chi connectivity index (χ2n) is 8.88. The molecule has 0 amide bonds. The van der Waals surface area contributed by atoms with Crippen LogP contribution in [-0.4, -0.2) is 3.21 Å². The Kier molecular flexibility index (Phi) is 11.1. The Hall–Kier alpha value is -1.01. The van der Waals surface area contributed by atoms with Crippen molar-refractivity contribution >= 4 is 24.8 Å². The zero-order valence-corrected chi connectivity index (χ0v) is 23.2. The first-order valence-electron chi connectivity index (χ1n) is 11.5. The molecule has 0 spiro atoms. The van der Waals surface area contributed by atoms with Crippen LogP contribution in [0.1, 0.15) is 61.8 Å². The van der Waals surface area contributed by atoms with Crippen LogP contribution in [0.25, 0.3) is 21.5 Å². The Balaban J connectivity index is 0.000000185. The number of benzene rings is 2. The van der Waals surface area contributed by atoms with Gasteiger partial charge in [0.05, 0.1) is 0 Å². The fraction of sp³-hybridized carbons (Fsp3) is 0.345. The van der Waals surface area contributed by atoms with Crippen LogP contribution in [0, 0.1) is 0 Å². The summed E-state index contributed by atoms with van der Waals surface area (Å²) in [5.41, 5.74) is 6.46. The van der Waals surface area contributed by atoms with Gasteiger partial charge in [-0.3, -0.25) is 0 Å². The normalized spacial score (nSPS) is 13.9. The molecular formula is C29H32Cl2Zr-2. The summed E-state index contributed by atoms with van der Waals surface area (Å²) in [5, 5.41) is 5.87. The summed E-state index contributed by atoms with van der Waals surface area (Å²) in [5.74, 6) is 0. The summed E-state index contributed by atoms with van der Waals surface area (Å²) < 4.78 is 1.51. The minimum Gasteiger partial charge on any atom is -1.00 e. The van der Waals surface area contributed by atoms with E-state index >= 15 is 0 Å². The third-order valence-corrected chi connectivity index (χ3v) is 6.25. The monoisotopic (exact) mass is 540 g/mol. The molecule has 6 rings (SSSR count). The van der Waals surface area contributed by atoms with Crippen LogP contribution < -0.4 is 24.8 Å². The largest absolute Gasteiger partial charge is 1.00 e. The van der Waals surface area contributed by atoms with E-state index in [2.05, 4.69) is 74.5 Å². The van der Waals surface area contributed by atoms with Gasteiger partial charge >= 0.3 is 41.3 Å². The zero-order valence-electron chi connectivity index (χ0n) is 19.2. The molecule has 4 aromatic rings. The Morgan fingerprint density at radius 3 is 1.38 bits per heavy atom. The molecule has 0 saturated heterocycles. The molecule has 3 heteroatoms. The van der Waals surface area contributed by atoms with Crippen molar-refractivity contribution < 1.29 is 49.0 Å². The van der Waals surface area contributed by atoms with Crippen molar-refractivity contribution in [3.8, 4) is 0 Å². The van der Waals surface area contributed by atoms with Gasteiger partial charge < -0.3 is 24.8 Å². The van der Waals surface area contributed by atoms with Crippen molar-refractivity contribution in [2.45, 2.75) is 65.2 Å². The molecule has 2 aliphatic rings. The third-order valence-electron chi connectivity index (χ3n) is 6.25. The number of hydrogen-bond donors (Lipinski definition) is 0. The first-order chi connectivity index (χ1) is 14.6. The third kappa shape index (κ3) is 6.53. The summed E-state index contributed by atoms with van der Waals surface area (Å²) in [4.78, 5) is 0. The van der Waals surface area contributed by atoms with Gasteiger partial charge in [-0.2, -0.15) is 11.1 Å². The van der Waals surface area contributed by atoms with Gasteiger partial charge in [0.2, 0.25) is 0 Å². The van der Waals surface area contributed by atoms with Crippen molar-refractivity contribution in [2.75, 3.05) is 0 Å². The van der Waals surface area contributed by atoms with Gasteiger partial charge in [-0.1, -0.05) is 50.7 Å². The van der Waals surface area contributed by atoms with Gasteiger partial charge in [0.25, 0.3) is 0 Å². The van der Waals surface area contributed by atoms with Crippen LogP contribution in [0.2, 0.25) is 0 Å². The summed E-state index contributed by atoms with van der Waals surface area (Å²) in [6, 6.07) is 22.3. The average Bonchev–Trinajstić information content (AvgIpc) is 3.32. The maximum Gasteiger partial charge on any atom is -0.0456 e. The fourth-order valence-electron chi connectivity index (χ4n) is 4.96. The number of aryl methyl sites for hydroxylation is 4. The zero-order chi connectivity index (χ0) is 20.9. The standard InChI is InChI=1S/2C13H13.C3H6.2ClH.Zr/c2*1-3-7-12-10(5-1)9-11-6-2-4-8-13(11)12;1-3-2;;;/h2*1,3,5,7,9H,2,4,6,8H2;1-2H3;2*1H;/q2*-1;;;;+2/p-2. The van der Waals surface area contributed by atoms with Gasteiger partial charge in [0.1, 0.15) is 0 Å². The van der Waals surface area contributed by atoms with E-state index in [1.165, 1.54) is 76.1 Å². The quantitative estimate of drug-likeness (QED) is 0.297. The molecule has 0 atom stereocenters. The fourth-order valence-corrected chi connectivity index (χ4v) is 4.96. The van der Waals surface area contributed by atoms with Crippen molar-refractivity contribution in [3.05, 3.63) is 82.9 Å². The van der Waals surface area contributed by atoms with E-state index in [4.69, 9.17) is 0 Å². The predicted molar refractivity (Wildman–Crippen MR) is 129 cm³/mol. The molecular weight excluding hydrogens is 510 g/mol. The number of rotatable bonds is 0. The number of hydrogen-bond acceptors (Lipinski definition) is 0. The van der Waals surface area contributed by atoms with Crippen LogP contribution in [-0.2, 0) is 49.9 Å². The van der Waals surface area contributed by atoms with Gasteiger partial charge in [-0.25, -0.2) is 0 Å². The molecule has 168 valence electrons. The summed E-state index contributed by atoms with van der Waals surface area (Å²) in [6.45, 7) is 4.25. The molecule has 0 nitrogen and oxygen atoms in total.